The summed E-state index contributed by atoms with van der Waals surface area (Å²) in [6.07, 6.45) is 1.65. The Kier molecular flexibility index (Phi) is 7.67. The van der Waals surface area contributed by atoms with Gasteiger partial charge in [-0.3, -0.25) is 4.79 Å². The van der Waals surface area contributed by atoms with E-state index in [9.17, 15) is 4.79 Å². The van der Waals surface area contributed by atoms with E-state index in [1.807, 2.05) is 18.2 Å². The van der Waals surface area contributed by atoms with Gasteiger partial charge in [0.1, 0.15) is 11.9 Å². The molecule has 0 aliphatic carbocycles. The number of ether oxygens (including phenoxy) is 1. The average Bonchev–Trinajstić information content (AvgIpc) is 3.03. The summed E-state index contributed by atoms with van der Waals surface area (Å²) in [4.78, 5) is 16.2. The number of aromatic nitrogens is 1. The maximum atomic E-state index is 13.2. The van der Waals surface area contributed by atoms with Gasteiger partial charge in [0.2, 0.25) is 0 Å². The van der Waals surface area contributed by atoms with Crippen molar-refractivity contribution >= 4 is 30.9 Å². The van der Waals surface area contributed by atoms with E-state index >= 15 is 0 Å². The molecule has 0 radical (unpaired) electrons. The number of halogens is 1. The van der Waals surface area contributed by atoms with E-state index in [1.165, 1.54) is 0 Å². The molecule has 1 aliphatic rings. The Morgan fingerprint density at radius 2 is 1.62 bits per heavy atom. The first-order valence-corrected chi connectivity index (χ1v) is 15.1. The quantitative estimate of drug-likeness (QED) is 0.211. The number of H-pyrrole nitrogens is 1. The Morgan fingerprint density at radius 1 is 1.06 bits per heavy atom. The van der Waals surface area contributed by atoms with Gasteiger partial charge in [0.05, 0.1) is 11.0 Å². The Morgan fingerprint density at radius 3 is 2.12 bits per heavy atom. The number of rotatable bonds is 8. The van der Waals surface area contributed by atoms with E-state index in [1.54, 1.807) is 6.20 Å². The molecule has 0 amide bonds. The highest BCUT2D eigenvalue weighted by molar-refractivity contribution is 14.1. The maximum absolute atomic E-state index is 13.2. The Balaban J connectivity index is 2.13. The molecule has 0 spiro atoms. The molecule has 0 saturated heterocycles. The zero-order valence-corrected chi connectivity index (χ0v) is 23.8. The molecule has 6 heteroatoms. The van der Waals surface area contributed by atoms with Crippen LogP contribution in [-0.4, -0.2) is 29.9 Å². The van der Waals surface area contributed by atoms with Crippen LogP contribution in [0.3, 0.4) is 0 Å². The highest BCUT2D eigenvalue weighted by atomic mass is 127. The van der Waals surface area contributed by atoms with E-state index in [-0.39, 0.29) is 15.6 Å². The lowest BCUT2D eigenvalue weighted by Gasteiger charge is -2.45. The van der Waals surface area contributed by atoms with Gasteiger partial charge in [-0.2, -0.15) is 0 Å². The molecule has 3 rings (SSSR count). The normalized spacial score (nSPS) is 21.8. The molecule has 2 aromatic rings. The molecule has 1 aliphatic heterocycles. The minimum Gasteiger partial charge on any atom is -0.487 e. The van der Waals surface area contributed by atoms with Gasteiger partial charge in [-0.05, 0) is 36.0 Å². The summed E-state index contributed by atoms with van der Waals surface area (Å²) < 4.78 is 13.9. The van der Waals surface area contributed by atoms with E-state index in [4.69, 9.17) is 9.16 Å². The molecule has 1 aromatic carbocycles. The van der Waals surface area contributed by atoms with Crippen LogP contribution < -0.4 is 10.3 Å². The molecule has 1 N–H and O–H groups in total. The van der Waals surface area contributed by atoms with Crippen LogP contribution >= 0.6 is 22.6 Å². The second-order valence-corrected chi connectivity index (χ2v) is 17.8. The smallest absolute Gasteiger partial charge is 0.255 e. The van der Waals surface area contributed by atoms with Gasteiger partial charge in [0.15, 0.2) is 8.32 Å². The summed E-state index contributed by atoms with van der Waals surface area (Å²) in [5, 5.41) is 0. The Labute approximate surface area is 207 Å². The van der Waals surface area contributed by atoms with Gasteiger partial charge in [-0.25, -0.2) is 0 Å². The van der Waals surface area contributed by atoms with Gasteiger partial charge in [-0.1, -0.05) is 94.5 Å². The van der Waals surface area contributed by atoms with Crippen molar-refractivity contribution in [1.82, 2.24) is 4.98 Å². The minimum absolute atomic E-state index is 0.0729. The van der Waals surface area contributed by atoms with Crippen LogP contribution in [0.4, 0.5) is 0 Å². The van der Waals surface area contributed by atoms with Gasteiger partial charge in [0, 0.05) is 22.3 Å². The monoisotopic (exact) mass is 567 g/mol. The first-order valence-electron chi connectivity index (χ1n) is 11.7. The van der Waals surface area contributed by atoms with Crippen molar-refractivity contribution in [1.29, 1.82) is 0 Å². The van der Waals surface area contributed by atoms with Gasteiger partial charge in [-0.15, -0.1) is 0 Å². The van der Waals surface area contributed by atoms with Crippen molar-refractivity contribution in [3.63, 3.8) is 0 Å². The second-order valence-electron chi connectivity index (χ2n) is 10.3. The zero-order valence-electron chi connectivity index (χ0n) is 20.7. The fraction of sp³-hybridized carbons (Fsp3) is 0.577. The number of aromatic amines is 1. The van der Waals surface area contributed by atoms with Crippen molar-refractivity contribution in [2.24, 2.45) is 0 Å². The van der Waals surface area contributed by atoms with E-state index in [2.05, 4.69) is 95.1 Å². The average molecular weight is 568 g/mol. The molecule has 32 heavy (non-hydrogen) atoms. The summed E-state index contributed by atoms with van der Waals surface area (Å²) in [6.45, 7) is 18.6. The summed E-state index contributed by atoms with van der Waals surface area (Å²) in [5.41, 5.74) is 3.56. The summed E-state index contributed by atoms with van der Waals surface area (Å²) in [7, 11) is -2.09. The number of hydrogen-bond donors (Lipinski definition) is 1. The maximum Gasteiger partial charge on any atom is 0.255 e. The number of fused-ring (bicyclic) bond motifs is 1. The van der Waals surface area contributed by atoms with Crippen LogP contribution in [0, 0.1) is 0 Å². The fourth-order valence-corrected chi connectivity index (χ4v) is 12.4. The number of pyridine rings is 1. The predicted molar refractivity (Wildman–Crippen MR) is 145 cm³/mol. The van der Waals surface area contributed by atoms with Crippen molar-refractivity contribution in [3.05, 3.63) is 52.4 Å². The lowest BCUT2D eigenvalue weighted by Crippen LogP contribution is -2.53. The molecule has 0 bridgehead atoms. The molecule has 0 unspecified atom stereocenters. The summed E-state index contributed by atoms with van der Waals surface area (Å²) in [6, 6.07) is 10.1. The zero-order chi connectivity index (χ0) is 23.8. The Hall–Kier alpha value is -1.12. The summed E-state index contributed by atoms with van der Waals surface area (Å²) in [5.74, 6) is 0.713. The SMILES string of the molecule is CC(C)[Si](OC[C@]1(C)c2c(c(-c3ccccc3)c[nH]c2=O)O[C@H]1[C@H](C)I)(C(C)C)C(C)C. The fourth-order valence-electron chi connectivity index (χ4n) is 5.92. The summed E-state index contributed by atoms with van der Waals surface area (Å²) >= 11 is 2.43. The first kappa shape index (κ1) is 25.5. The largest absolute Gasteiger partial charge is 0.487 e. The van der Waals surface area contributed by atoms with E-state index in [0.717, 1.165) is 16.7 Å². The van der Waals surface area contributed by atoms with E-state index < -0.39 is 13.7 Å². The van der Waals surface area contributed by atoms with Crippen LogP contribution in [-0.2, 0) is 9.84 Å². The highest BCUT2D eigenvalue weighted by Crippen LogP contribution is 2.50. The van der Waals surface area contributed by atoms with Crippen LogP contribution in [0.15, 0.2) is 41.3 Å². The number of benzene rings is 1. The number of alkyl halides is 1. The molecular formula is C26H38INO3Si. The molecular weight excluding hydrogens is 529 g/mol. The van der Waals surface area contributed by atoms with Gasteiger partial charge < -0.3 is 14.1 Å². The Bertz CT molecular complexity index is 965. The van der Waals surface area contributed by atoms with Crippen LogP contribution in [0.1, 0.15) is 61.0 Å². The van der Waals surface area contributed by atoms with Crippen LogP contribution in [0.5, 0.6) is 5.75 Å². The highest BCUT2D eigenvalue weighted by Gasteiger charge is 2.53. The second kappa shape index (κ2) is 9.62. The molecule has 3 atom stereocenters. The molecule has 0 fully saturated rings. The third-order valence-corrected chi connectivity index (χ3v) is 14.0. The van der Waals surface area contributed by atoms with Gasteiger partial charge in [0.25, 0.3) is 5.56 Å². The lowest BCUT2D eigenvalue weighted by molar-refractivity contribution is 0.105. The topological polar surface area (TPSA) is 51.3 Å². The van der Waals surface area contributed by atoms with Crippen LogP contribution in [0.2, 0.25) is 16.6 Å². The molecule has 0 saturated carbocycles. The minimum atomic E-state index is -2.09. The third kappa shape index (κ3) is 4.23. The third-order valence-electron chi connectivity index (χ3n) is 7.32. The molecule has 176 valence electrons. The van der Waals surface area contributed by atoms with E-state index in [0.29, 0.717) is 29.0 Å². The standard InChI is InChI=1S/C26H38INO3Si/c1-16(2)32(17(3)4,18(5)6)30-15-26(8)22-23(31-24(26)19(7)27)21(14-28-25(22)29)20-12-10-9-11-13-20/h9-14,16-19,24H,15H2,1-8H3,(H,28,29)/t19-,24-,26+/m0/s1. The molecule has 2 heterocycles. The lowest BCUT2D eigenvalue weighted by atomic mass is 9.79. The number of hydrogen-bond acceptors (Lipinski definition) is 3. The van der Waals surface area contributed by atoms with Gasteiger partial charge >= 0.3 is 0 Å². The van der Waals surface area contributed by atoms with Crippen molar-refractivity contribution < 1.29 is 9.16 Å². The predicted octanol–water partition coefficient (Wildman–Crippen LogP) is 7.08. The number of nitrogens with one attached hydrogen (secondary N) is 1. The first-order chi connectivity index (χ1) is 15.0. The molecule has 1 aromatic heterocycles. The van der Waals surface area contributed by atoms with Crippen molar-refractivity contribution in [2.75, 3.05) is 6.61 Å². The van der Waals surface area contributed by atoms with Crippen molar-refractivity contribution in [2.45, 2.75) is 87.5 Å². The van der Waals surface area contributed by atoms with Crippen molar-refractivity contribution in [3.8, 4) is 16.9 Å². The molecule has 4 nitrogen and oxygen atoms in total. The van der Waals surface area contributed by atoms with Crippen LogP contribution in [0.25, 0.3) is 11.1 Å².